The van der Waals surface area contributed by atoms with E-state index in [2.05, 4.69) is 81.5 Å². The van der Waals surface area contributed by atoms with Crippen LogP contribution in [0.25, 0.3) is 0 Å². The molecule has 1 atom stereocenters. The summed E-state index contributed by atoms with van der Waals surface area (Å²) in [6, 6.07) is 0. The number of unbranched alkanes of at least 4 members (excludes halogenated alkanes) is 36. The molecule has 0 heterocycles. The minimum absolute atomic E-state index is 0.0780. The van der Waals surface area contributed by atoms with E-state index in [-0.39, 0.29) is 31.1 Å². The number of allylic oxidation sites excluding steroid dienone is 10. The fourth-order valence-corrected chi connectivity index (χ4v) is 9.12. The lowest BCUT2D eigenvalue weighted by molar-refractivity contribution is -0.167. The first-order chi connectivity index (χ1) is 35.5. The van der Waals surface area contributed by atoms with E-state index in [0.717, 1.165) is 109 Å². The summed E-state index contributed by atoms with van der Waals surface area (Å²) in [4.78, 5) is 38.2. The lowest BCUT2D eigenvalue weighted by atomic mass is 10.0. The first-order valence-corrected chi connectivity index (χ1v) is 31.3. The lowest BCUT2D eigenvalue weighted by Gasteiger charge is -2.18. The Labute approximate surface area is 447 Å². The summed E-state index contributed by atoms with van der Waals surface area (Å²) in [6.45, 7) is 6.55. The van der Waals surface area contributed by atoms with Crippen molar-refractivity contribution in [3.63, 3.8) is 0 Å². The Morgan fingerprint density at radius 1 is 0.292 bits per heavy atom. The van der Waals surface area contributed by atoms with Gasteiger partial charge in [0, 0.05) is 19.3 Å². The van der Waals surface area contributed by atoms with Crippen molar-refractivity contribution in [3.8, 4) is 0 Å². The maximum absolute atomic E-state index is 12.9. The molecule has 0 rings (SSSR count). The van der Waals surface area contributed by atoms with Crippen LogP contribution < -0.4 is 0 Å². The Balaban J connectivity index is 4.30. The molecule has 0 fully saturated rings. The highest BCUT2D eigenvalue weighted by Crippen LogP contribution is 2.17. The molecular weight excluding hydrogens is 889 g/mol. The second-order valence-electron chi connectivity index (χ2n) is 21.0. The third-order valence-electron chi connectivity index (χ3n) is 13.8. The highest BCUT2D eigenvalue weighted by atomic mass is 16.6. The third-order valence-corrected chi connectivity index (χ3v) is 13.8. The van der Waals surface area contributed by atoms with E-state index in [0.29, 0.717) is 19.3 Å². The molecule has 0 amide bonds. The molecule has 72 heavy (non-hydrogen) atoms. The third kappa shape index (κ3) is 58.0. The van der Waals surface area contributed by atoms with Crippen LogP contribution in [0.15, 0.2) is 60.8 Å². The molecule has 0 aromatic heterocycles. The number of hydrogen-bond donors (Lipinski definition) is 0. The first-order valence-electron chi connectivity index (χ1n) is 31.3. The number of rotatable bonds is 57. The molecule has 418 valence electrons. The van der Waals surface area contributed by atoms with Gasteiger partial charge in [-0.05, 0) is 64.2 Å². The van der Waals surface area contributed by atoms with Crippen LogP contribution in [-0.4, -0.2) is 37.2 Å². The van der Waals surface area contributed by atoms with Gasteiger partial charge in [0.25, 0.3) is 0 Å². The number of hydrogen-bond acceptors (Lipinski definition) is 6. The highest BCUT2D eigenvalue weighted by Gasteiger charge is 2.19. The van der Waals surface area contributed by atoms with Crippen LogP contribution in [0.3, 0.4) is 0 Å². The largest absolute Gasteiger partial charge is 0.462 e. The van der Waals surface area contributed by atoms with E-state index in [1.54, 1.807) is 0 Å². The van der Waals surface area contributed by atoms with Gasteiger partial charge >= 0.3 is 17.9 Å². The van der Waals surface area contributed by atoms with Crippen molar-refractivity contribution in [2.75, 3.05) is 13.2 Å². The van der Waals surface area contributed by atoms with Gasteiger partial charge in [-0.2, -0.15) is 0 Å². The number of carbonyl (C=O) groups is 3. The molecule has 6 nitrogen and oxygen atoms in total. The van der Waals surface area contributed by atoms with E-state index < -0.39 is 6.10 Å². The van der Waals surface area contributed by atoms with Crippen LogP contribution in [0.1, 0.15) is 323 Å². The van der Waals surface area contributed by atoms with Crippen LogP contribution in [0, 0.1) is 0 Å². The monoisotopic (exact) mass is 1010 g/mol. The Morgan fingerprint density at radius 3 is 0.847 bits per heavy atom. The Kier molecular flexibility index (Phi) is 58.2. The fraction of sp³-hybridized carbons (Fsp3) is 0.803. The molecule has 0 radical (unpaired) electrons. The first kappa shape index (κ1) is 69.1. The van der Waals surface area contributed by atoms with Gasteiger partial charge in [0.05, 0.1) is 0 Å². The molecule has 0 aromatic carbocycles. The summed E-state index contributed by atoms with van der Waals surface area (Å²) in [5, 5.41) is 0. The molecular formula is C66H118O6. The zero-order valence-corrected chi connectivity index (χ0v) is 47.9. The maximum atomic E-state index is 12.9. The molecule has 0 aliphatic rings. The van der Waals surface area contributed by atoms with Gasteiger partial charge in [0.2, 0.25) is 0 Å². The molecule has 1 unspecified atom stereocenters. The second-order valence-corrected chi connectivity index (χ2v) is 21.0. The normalized spacial score (nSPS) is 12.4. The zero-order valence-electron chi connectivity index (χ0n) is 47.9. The Morgan fingerprint density at radius 2 is 0.542 bits per heavy atom. The van der Waals surface area contributed by atoms with Crippen LogP contribution >= 0.6 is 0 Å². The summed E-state index contributed by atoms with van der Waals surface area (Å²) in [5.74, 6) is -0.880. The van der Waals surface area contributed by atoms with Crippen molar-refractivity contribution >= 4 is 17.9 Å². The smallest absolute Gasteiger partial charge is 0.306 e. The number of esters is 3. The summed E-state index contributed by atoms with van der Waals surface area (Å²) < 4.78 is 16.9. The molecule has 0 aromatic rings. The average molecular weight is 1010 g/mol. The SMILES string of the molecule is CC/C=C\C/C=C\C/C=C\C/C=C\C/C=C\CCCCCCCC(=O)OC(COC(=O)CCCCCCCCCCCCC)COC(=O)CCCCCCCCCCCCCCCCCCCCCCCC. The van der Waals surface area contributed by atoms with E-state index >= 15 is 0 Å². The minimum Gasteiger partial charge on any atom is -0.462 e. The number of ether oxygens (including phenoxy) is 3. The second kappa shape index (κ2) is 60.7. The van der Waals surface area contributed by atoms with E-state index in [1.807, 2.05) is 0 Å². The van der Waals surface area contributed by atoms with Gasteiger partial charge in [-0.15, -0.1) is 0 Å². The van der Waals surface area contributed by atoms with Crippen molar-refractivity contribution in [2.24, 2.45) is 0 Å². The molecule has 0 aliphatic heterocycles. The molecule has 0 saturated carbocycles. The Hall–Kier alpha value is -2.89. The van der Waals surface area contributed by atoms with Gasteiger partial charge in [-0.1, -0.05) is 300 Å². The minimum atomic E-state index is -0.782. The standard InChI is InChI=1S/C66H118O6/c1-4-7-10-13-16-19-22-24-26-28-30-32-34-35-37-39-41-44-47-50-53-56-59-65(68)71-62-63(61-70-64(67)58-55-52-49-46-43-21-18-15-12-9-6-3)72-66(69)60-57-54-51-48-45-42-40-38-36-33-31-29-27-25-23-20-17-14-11-8-5-2/h8,11,17,20,25,27,31,33,38,40,63H,4-7,9-10,12-16,18-19,21-24,26,28-30,32,34-37,39,41-62H2,1-3H3/b11-8-,20-17-,27-25-,33-31-,40-38-. The van der Waals surface area contributed by atoms with Crippen LogP contribution in [0.2, 0.25) is 0 Å². The van der Waals surface area contributed by atoms with Crippen molar-refractivity contribution in [1.82, 2.24) is 0 Å². The highest BCUT2D eigenvalue weighted by molar-refractivity contribution is 5.71. The van der Waals surface area contributed by atoms with E-state index in [9.17, 15) is 14.4 Å². The van der Waals surface area contributed by atoms with Gasteiger partial charge < -0.3 is 14.2 Å². The zero-order chi connectivity index (χ0) is 52.2. The van der Waals surface area contributed by atoms with E-state index in [4.69, 9.17) is 14.2 Å². The molecule has 0 saturated heterocycles. The molecule has 0 bridgehead atoms. The number of carbonyl (C=O) groups excluding carboxylic acids is 3. The van der Waals surface area contributed by atoms with Gasteiger partial charge in [-0.25, -0.2) is 0 Å². The van der Waals surface area contributed by atoms with E-state index in [1.165, 1.54) is 173 Å². The molecule has 0 aliphatic carbocycles. The predicted octanol–water partition coefficient (Wildman–Crippen LogP) is 21.2. The Bertz CT molecular complexity index is 1290. The summed E-state index contributed by atoms with van der Waals surface area (Å²) in [7, 11) is 0. The molecule has 6 heteroatoms. The topological polar surface area (TPSA) is 78.9 Å². The van der Waals surface area contributed by atoms with Crippen molar-refractivity contribution in [3.05, 3.63) is 60.8 Å². The summed E-state index contributed by atoms with van der Waals surface area (Å²) in [5.41, 5.74) is 0. The van der Waals surface area contributed by atoms with Gasteiger partial charge in [-0.3, -0.25) is 14.4 Å². The lowest BCUT2D eigenvalue weighted by Crippen LogP contribution is -2.30. The fourth-order valence-electron chi connectivity index (χ4n) is 9.12. The molecule has 0 N–H and O–H groups in total. The van der Waals surface area contributed by atoms with Crippen LogP contribution in [-0.2, 0) is 28.6 Å². The van der Waals surface area contributed by atoms with Gasteiger partial charge in [0.15, 0.2) is 6.10 Å². The quantitative estimate of drug-likeness (QED) is 0.0261. The van der Waals surface area contributed by atoms with Crippen LogP contribution in [0.5, 0.6) is 0 Å². The molecule has 0 spiro atoms. The maximum Gasteiger partial charge on any atom is 0.306 e. The van der Waals surface area contributed by atoms with Crippen molar-refractivity contribution < 1.29 is 28.6 Å². The predicted molar refractivity (Wildman–Crippen MR) is 312 cm³/mol. The van der Waals surface area contributed by atoms with Crippen molar-refractivity contribution in [2.45, 2.75) is 329 Å². The van der Waals surface area contributed by atoms with Gasteiger partial charge in [0.1, 0.15) is 13.2 Å². The van der Waals surface area contributed by atoms with Crippen molar-refractivity contribution in [1.29, 1.82) is 0 Å². The summed E-state index contributed by atoms with van der Waals surface area (Å²) >= 11 is 0. The summed E-state index contributed by atoms with van der Waals surface area (Å²) in [6.07, 6.45) is 76.6. The van der Waals surface area contributed by atoms with Crippen LogP contribution in [0.4, 0.5) is 0 Å². The average Bonchev–Trinajstić information content (AvgIpc) is 3.38.